The van der Waals surface area contributed by atoms with Gasteiger partial charge in [-0.25, -0.2) is 4.79 Å². The fourth-order valence-electron chi connectivity index (χ4n) is 3.47. The number of amides is 2. The average molecular weight is 424 g/mol. The molecule has 5 aromatic rings. The van der Waals surface area contributed by atoms with E-state index in [0.29, 0.717) is 22.9 Å². The van der Waals surface area contributed by atoms with E-state index in [4.69, 9.17) is 4.74 Å². The van der Waals surface area contributed by atoms with Crippen LogP contribution in [0.1, 0.15) is 11.5 Å². The molecule has 0 atom stereocenters. The second kappa shape index (κ2) is 8.35. The van der Waals surface area contributed by atoms with E-state index in [0.717, 1.165) is 22.2 Å². The summed E-state index contributed by atoms with van der Waals surface area (Å²) in [6.45, 7) is 2.18. The maximum atomic E-state index is 12.1. The predicted octanol–water partition coefficient (Wildman–Crippen LogP) is 4.81. The van der Waals surface area contributed by atoms with Crippen molar-refractivity contribution in [3.63, 3.8) is 0 Å². The molecule has 0 aliphatic heterocycles. The second-order valence-electron chi connectivity index (χ2n) is 7.24. The van der Waals surface area contributed by atoms with Crippen molar-refractivity contribution in [2.75, 3.05) is 10.6 Å². The minimum Gasteiger partial charge on any atom is -0.486 e. The van der Waals surface area contributed by atoms with Crippen molar-refractivity contribution < 1.29 is 9.53 Å². The molecule has 2 N–H and O–H groups in total. The zero-order valence-corrected chi connectivity index (χ0v) is 17.3. The lowest BCUT2D eigenvalue weighted by Gasteiger charge is -2.09. The molecule has 0 aliphatic rings. The molecule has 0 radical (unpaired) electrons. The van der Waals surface area contributed by atoms with Crippen LogP contribution >= 0.6 is 0 Å². The van der Waals surface area contributed by atoms with Gasteiger partial charge < -0.3 is 15.4 Å². The van der Waals surface area contributed by atoms with E-state index < -0.39 is 0 Å². The molecule has 0 fully saturated rings. The highest BCUT2D eigenvalue weighted by Crippen LogP contribution is 2.22. The highest BCUT2D eigenvalue weighted by Gasteiger charge is 2.12. The van der Waals surface area contributed by atoms with Crippen molar-refractivity contribution >= 4 is 33.8 Å². The number of aryl methyl sites for hydroxylation is 1. The fraction of sp³-hybridized carbons (Fsp3) is 0.0833. The van der Waals surface area contributed by atoms with E-state index in [-0.39, 0.29) is 12.6 Å². The first-order valence-electron chi connectivity index (χ1n) is 10.1. The standard InChI is InChI=1S/C24H20N6O2/c1-16-20-9-5-6-10-21(20)23-28-27-22(30(23)29-16)15-32-19-13-11-18(12-14-19)26-24(31)25-17-7-3-2-4-8-17/h2-14H,15H2,1H3,(H2,25,26,31). The third-order valence-electron chi connectivity index (χ3n) is 5.02. The van der Waals surface area contributed by atoms with Gasteiger partial charge in [0.15, 0.2) is 11.5 Å². The molecule has 8 nitrogen and oxygen atoms in total. The summed E-state index contributed by atoms with van der Waals surface area (Å²) in [6, 6.07) is 24.1. The van der Waals surface area contributed by atoms with Gasteiger partial charge in [-0.05, 0) is 43.3 Å². The largest absolute Gasteiger partial charge is 0.486 e. The Balaban J connectivity index is 1.25. The molecule has 0 bridgehead atoms. The summed E-state index contributed by atoms with van der Waals surface area (Å²) in [4.78, 5) is 12.1. The van der Waals surface area contributed by atoms with Crippen LogP contribution in [0.3, 0.4) is 0 Å². The lowest BCUT2D eigenvalue weighted by Crippen LogP contribution is -2.19. The monoisotopic (exact) mass is 424 g/mol. The molecule has 32 heavy (non-hydrogen) atoms. The molecule has 0 saturated carbocycles. The number of carbonyl (C=O) groups excluding carboxylic acids is 1. The number of para-hydroxylation sites is 1. The Morgan fingerprint density at radius 3 is 2.25 bits per heavy atom. The Kier molecular flexibility index (Phi) is 5.09. The van der Waals surface area contributed by atoms with E-state index in [1.807, 2.05) is 61.5 Å². The number of fused-ring (bicyclic) bond motifs is 3. The van der Waals surface area contributed by atoms with Crippen LogP contribution in [0.15, 0.2) is 78.9 Å². The SMILES string of the molecule is Cc1nn2c(COc3ccc(NC(=O)Nc4ccccc4)cc3)nnc2c2ccccc12. The molecule has 5 rings (SSSR count). The summed E-state index contributed by atoms with van der Waals surface area (Å²) in [7, 11) is 0. The van der Waals surface area contributed by atoms with Crippen molar-refractivity contribution in [1.29, 1.82) is 0 Å². The van der Waals surface area contributed by atoms with Crippen molar-refractivity contribution in [3.05, 3.63) is 90.4 Å². The zero-order valence-electron chi connectivity index (χ0n) is 17.3. The molecule has 2 heterocycles. The smallest absolute Gasteiger partial charge is 0.323 e. The van der Waals surface area contributed by atoms with Crippen LogP contribution in [0, 0.1) is 6.92 Å². The van der Waals surface area contributed by atoms with Crippen molar-refractivity contribution in [2.45, 2.75) is 13.5 Å². The molecular formula is C24H20N6O2. The number of nitrogens with one attached hydrogen (secondary N) is 2. The maximum Gasteiger partial charge on any atom is 0.323 e. The Labute approximate surface area is 183 Å². The molecule has 0 saturated heterocycles. The molecule has 2 aromatic heterocycles. The number of carbonyl (C=O) groups is 1. The van der Waals surface area contributed by atoms with Gasteiger partial charge in [0.05, 0.1) is 5.69 Å². The molecule has 2 amide bonds. The van der Waals surface area contributed by atoms with Gasteiger partial charge in [0.1, 0.15) is 12.4 Å². The van der Waals surface area contributed by atoms with Gasteiger partial charge in [-0.3, -0.25) is 0 Å². The summed E-state index contributed by atoms with van der Waals surface area (Å²) in [6.07, 6.45) is 0. The van der Waals surface area contributed by atoms with Gasteiger partial charge >= 0.3 is 6.03 Å². The number of hydrogen-bond donors (Lipinski definition) is 2. The molecule has 0 unspecified atom stereocenters. The Bertz CT molecular complexity index is 1400. The van der Waals surface area contributed by atoms with Crippen molar-refractivity contribution in [1.82, 2.24) is 19.8 Å². The second-order valence-corrected chi connectivity index (χ2v) is 7.24. The summed E-state index contributed by atoms with van der Waals surface area (Å²) in [5.74, 6) is 1.26. The first-order chi connectivity index (χ1) is 15.7. The van der Waals surface area contributed by atoms with Crippen LogP contribution in [-0.4, -0.2) is 25.8 Å². The molecule has 8 heteroatoms. The zero-order chi connectivity index (χ0) is 21.9. The van der Waals surface area contributed by atoms with Gasteiger partial charge in [-0.15, -0.1) is 10.2 Å². The number of anilines is 2. The number of aromatic nitrogens is 4. The van der Waals surface area contributed by atoms with E-state index in [1.165, 1.54) is 0 Å². The lowest BCUT2D eigenvalue weighted by atomic mass is 10.1. The number of urea groups is 1. The van der Waals surface area contributed by atoms with E-state index in [2.05, 4.69) is 25.9 Å². The predicted molar refractivity (Wildman–Crippen MR) is 123 cm³/mol. The minimum absolute atomic E-state index is 0.215. The van der Waals surface area contributed by atoms with Crippen LogP contribution in [-0.2, 0) is 6.61 Å². The van der Waals surface area contributed by atoms with Gasteiger partial charge in [0.25, 0.3) is 0 Å². The maximum absolute atomic E-state index is 12.1. The Morgan fingerprint density at radius 2 is 1.50 bits per heavy atom. The quantitative estimate of drug-likeness (QED) is 0.422. The van der Waals surface area contributed by atoms with Crippen LogP contribution < -0.4 is 15.4 Å². The van der Waals surface area contributed by atoms with Gasteiger partial charge in [-0.1, -0.05) is 42.5 Å². The summed E-state index contributed by atoms with van der Waals surface area (Å²) < 4.78 is 7.60. The van der Waals surface area contributed by atoms with Gasteiger partial charge in [-0.2, -0.15) is 9.61 Å². The summed E-state index contributed by atoms with van der Waals surface area (Å²) >= 11 is 0. The minimum atomic E-state index is -0.312. The third-order valence-corrected chi connectivity index (χ3v) is 5.02. The van der Waals surface area contributed by atoms with Gasteiger partial charge in [0, 0.05) is 22.1 Å². The third kappa shape index (κ3) is 3.93. The number of rotatable bonds is 5. The first kappa shape index (κ1) is 19.5. The van der Waals surface area contributed by atoms with Crippen molar-refractivity contribution in [3.8, 4) is 5.75 Å². The fourth-order valence-corrected chi connectivity index (χ4v) is 3.47. The Hall–Kier alpha value is -4.46. The molecule has 158 valence electrons. The highest BCUT2D eigenvalue weighted by molar-refractivity contribution is 5.99. The summed E-state index contributed by atoms with van der Waals surface area (Å²) in [5.41, 5.74) is 2.98. The lowest BCUT2D eigenvalue weighted by molar-refractivity contribution is 0.262. The van der Waals surface area contributed by atoms with E-state index in [1.54, 1.807) is 28.8 Å². The van der Waals surface area contributed by atoms with Crippen LogP contribution in [0.4, 0.5) is 16.2 Å². The van der Waals surface area contributed by atoms with E-state index in [9.17, 15) is 4.79 Å². The van der Waals surface area contributed by atoms with E-state index >= 15 is 0 Å². The van der Waals surface area contributed by atoms with Crippen LogP contribution in [0.25, 0.3) is 16.4 Å². The first-order valence-corrected chi connectivity index (χ1v) is 10.1. The van der Waals surface area contributed by atoms with Gasteiger partial charge in [0.2, 0.25) is 0 Å². The number of benzene rings is 3. The number of ether oxygens (including phenoxy) is 1. The highest BCUT2D eigenvalue weighted by atomic mass is 16.5. The normalized spacial score (nSPS) is 10.9. The molecule has 0 aliphatic carbocycles. The topological polar surface area (TPSA) is 93.4 Å². The number of nitrogens with zero attached hydrogens (tertiary/aromatic N) is 4. The van der Waals surface area contributed by atoms with Crippen LogP contribution in [0.5, 0.6) is 5.75 Å². The molecule has 3 aromatic carbocycles. The molecular weight excluding hydrogens is 404 g/mol. The summed E-state index contributed by atoms with van der Waals surface area (Å²) in [5, 5.41) is 20.8. The number of hydrogen-bond acceptors (Lipinski definition) is 5. The molecule has 0 spiro atoms. The average Bonchev–Trinajstić information content (AvgIpc) is 3.22. The van der Waals surface area contributed by atoms with Crippen LogP contribution in [0.2, 0.25) is 0 Å². The Morgan fingerprint density at radius 1 is 0.844 bits per heavy atom. The van der Waals surface area contributed by atoms with Crippen molar-refractivity contribution in [2.24, 2.45) is 0 Å².